The third-order valence-corrected chi connectivity index (χ3v) is 4.64. The fourth-order valence-electron chi connectivity index (χ4n) is 3.13. The summed E-state index contributed by atoms with van der Waals surface area (Å²) < 4.78 is 11.7. The van der Waals surface area contributed by atoms with Crippen LogP contribution >= 0.6 is 0 Å². The fraction of sp³-hybridized carbons (Fsp3) is 0.400. The van der Waals surface area contributed by atoms with Crippen molar-refractivity contribution in [1.82, 2.24) is 5.32 Å². The molecule has 0 fully saturated rings. The van der Waals surface area contributed by atoms with Gasteiger partial charge in [0.2, 0.25) is 0 Å². The quantitative estimate of drug-likeness (QED) is 0.608. The van der Waals surface area contributed by atoms with E-state index in [2.05, 4.69) is 29.4 Å². The molecule has 2 aliphatic heterocycles. The highest BCUT2D eigenvalue weighted by atomic mass is 17.2. The van der Waals surface area contributed by atoms with Crippen LogP contribution in [-0.4, -0.2) is 39.4 Å². The Morgan fingerprint density at radius 1 is 1.12 bits per heavy atom. The molecule has 6 nitrogen and oxygen atoms in total. The maximum Gasteiger partial charge on any atom is 0.173 e. The number of anilines is 1. The molecule has 6 heteroatoms. The lowest BCUT2D eigenvalue weighted by atomic mass is 10.2. The summed E-state index contributed by atoms with van der Waals surface area (Å²) in [5, 5.41) is 3.46. The molecular weight excluding hydrogens is 332 g/mol. The first-order chi connectivity index (χ1) is 12.8. The number of hydrogen-bond acceptors (Lipinski definition) is 6. The SMILES string of the molecule is CN(CCCNCC1COc2ccccc2O1)c1ccc2c(c1)OOC2. The zero-order valence-corrected chi connectivity index (χ0v) is 14.9. The van der Waals surface area contributed by atoms with E-state index >= 15 is 0 Å². The van der Waals surface area contributed by atoms with Gasteiger partial charge in [0, 0.05) is 37.5 Å². The van der Waals surface area contributed by atoms with Crippen molar-refractivity contribution < 1.29 is 19.2 Å². The molecule has 0 amide bonds. The summed E-state index contributed by atoms with van der Waals surface area (Å²) in [6, 6.07) is 14.0. The molecule has 0 aliphatic carbocycles. The average Bonchev–Trinajstić information content (AvgIpc) is 3.15. The summed E-state index contributed by atoms with van der Waals surface area (Å²) >= 11 is 0. The summed E-state index contributed by atoms with van der Waals surface area (Å²) in [5.74, 6) is 2.48. The van der Waals surface area contributed by atoms with Crippen molar-refractivity contribution in [2.24, 2.45) is 0 Å². The molecule has 0 saturated heterocycles. The van der Waals surface area contributed by atoms with Crippen molar-refractivity contribution in [3.8, 4) is 17.2 Å². The molecule has 2 aliphatic rings. The van der Waals surface area contributed by atoms with E-state index in [0.29, 0.717) is 13.2 Å². The number of hydrogen-bond donors (Lipinski definition) is 1. The van der Waals surface area contributed by atoms with E-state index in [4.69, 9.17) is 19.2 Å². The van der Waals surface area contributed by atoms with Crippen LogP contribution in [0.15, 0.2) is 42.5 Å². The highest BCUT2D eigenvalue weighted by Crippen LogP contribution is 2.31. The maximum absolute atomic E-state index is 5.95. The van der Waals surface area contributed by atoms with E-state index < -0.39 is 0 Å². The Bertz CT molecular complexity index is 752. The molecule has 2 aromatic rings. The van der Waals surface area contributed by atoms with Gasteiger partial charge in [0.1, 0.15) is 19.3 Å². The van der Waals surface area contributed by atoms with E-state index in [-0.39, 0.29) is 6.10 Å². The number of ether oxygens (including phenoxy) is 2. The highest BCUT2D eigenvalue weighted by molar-refractivity contribution is 5.53. The second-order valence-electron chi connectivity index (χ2n) is 6.61. The summed E-state index contributed by atoms with van der Waals surface area (Å²) in [5.41, 5.74) is 2.23. The minimum atomic E-state index is 0.0523. The monoisotopic (exact) mass is 356 g/mol. The van der Waals surface area contributed by atoms with Gasteiger partial charge in [0.05, 0.1) is 0 Å². The van der Waals surface area contributed by atoms with Gasteiger partial charge in [-0.15, -0.1) is 0 Å². The first-order valence-corrected chi connectivity index (χ1v) is 9.02. The van der Waals surface area contributed by atoms with E-state index in [1.54, 1.807) is 0 Å². The normalized spacial score (nSPS) is 17.5. The summed E-state index contributed by atoms with van der Waals surface area (Å²) in [4.78, 5) is 12.4. The highest BCUT2D eigenvalue weighted by Gasteiger charge is 2.20. The van der Waals surface area contributed by atoms with Crippen LogP contribution in [0.2, 0.25) is 0 Å². The number of nitrogens with zero attached hydrogens (tertiary/aromatic N) is 1. The molecule has 26 heavy (non-hydrogen) atoms. The predicted molar refractivity (Wildman–Crippen MR) is 99.0 cm³/mol. The minimum Gasteiger partial charge on any atom is -0.486 e. The van der Waals surface area contributed by atoms with E-state index in [0.717, 1.165) is 54.6 Å². The molecule has 1 N–H and O–H groups in total. The lowest BCUT2D eigenvalue weighted by molar-refractivity contribution is -0.194. The van der Waals surface area contributed by atoms with E-state index in [9.17, 15) is 0 Å². The van der Waals surface area contributed by atoms with Crippen LogP contribution < -0.4 is 24.6 Å². The lowest BCUT2D eigenvalue weighted by Gasteiger charge is -2.26. The molecule has 1 unspecified atom stereocenters. The van der Waals surface area contributed by atoms with Gasteiger partial charge < -0.3 is 24.6 Å². The molecule has 4 rings (SSSR count). The van der Waals surface area contributed by atoms with Crippen molar-refractivity contribution in [2.75, 3.05) is 38.2 Å². The smallest absolute Gasteiger partial charge is 0.173 e. The molecule has 0 spiro atoms. The third kappa shape index (κ3) is 3.86. The van der Waals surface area contributed by atoms with Gasteiger partial charge in [0.25, 0.3) is 0 Å². The number of nitrogens with one attached hydrogen (secondary N) is 1. The topological polar surface area (TPSA) is 52.2 Å². The standard InChI is InChI=1S/C20H24N2O4/c1-22(16-8-7-15-13-24-26-20(15)11-16)10-4-9-21-12-17-14-23-18-5-2-3-6-19(18)25-17/h2-3,5-8,11,17,21H,4,9-10,12-14H2,1H3. The van der Waals surface area contributed by atoms with Gasteiger partial charge in [0.15, 0.2) is 17.2 Å². The van der Waals surface area contributed by atoms with Crippen LogP contribution in [0.25, 0.3) is 0 Å². The molecule has 0 aromatic heterocycles. The molecule has 0 bridgehead atoms. The molecule has 0 saturated carbocycles. The molecule has 0 radical (unpaired) electrons. The van der Waals surface area contributed by atoms with Crippen molar-refractivity contribution >= 4 is 5.69 Å². The number of para-hydroxylation sites is 2. The molecule has 138 valence electrons. The Morgan fingerprint density at radius 2 is 2.00 bits per heavy atom. The van der Waals surface area contributed by atoms with Crippen LogP contribution in [0.1, 0.15) is 12.0 Å². The Balaban J connectivity index is 1.17. The largest absolute Gasteiger partial charge is 0.486 e. The van der Waals surface area contributed by atoms with Gasteiger partial charge in [-0.05, 0) is 31.2 Å². The predicted octanol–water partition coefficient (Wildman–Crippen LogP) is 2.77. The first-order valence-electron chi connectivity index (χ1n) is 9.02. The maximum atomic E-state index is 5.95. The van der Waals surface area contributed by atoms with Gasteiger partial charge in [-0.1, -0.05) is 18.2 Å². The Morgan fingerprint density at radius 3 is 2.92 bits per heavy atom. The van der Waals surface area contributed by atoms with E-state index in [1.165, 1.54) is 0 Å². The van der Waals surface area contributed by atoms with Gasteiger partial charge in [-0.3, -0.25) is 0 Å². The summed E-state index contributed by atoms with van der Waals surface area (Å²) in [6.07, 6.45) is 1.09. The molecule has 1 atom stereocenters. The number of benzene rings is 2. The Kier molecular flexibility index (Phi) is 5.13. The van der Waals surface area contributed by atoms with Crippen molar-refractivity contribution in [3.63, 3.8) is 0 Å². The van der Waals surface area contributed by atoms with Crippen molar-refractivity contribution in [3.05, 3.63) is 48.0 Å². The number of rotatable bonds is 7. The average molecular weight is 356 g/mol. The van der Waals surface area contributed by atoms with Crippen LogP contribution in [0.5, 0.6) is 17.2 Å². The fourth-order valence-corrected chi connectivity index (χ4v) is 3.13. The Hall–Kier alpha value is -2.44. The van der Waals surface area contributed by atoms with Gasteiger partial charge in [-0.2, -0.15) is 4.89 Å². The lowest BCUT2D eigenvalue weighted by Crippen LogP contribution is -2.39. The van der Waals surface area contributed by atoms with Crippen LogP contribution in [0.3, 0.4) is 0 Å². The minimum absolute atomic E-state index is 0.0523. The Labute approximate surface area is 153 Å². The van der Waals surface area contributed by atoms with Crippen molar-refractivity contribution in [1.29, 1.82) is 0 Å². The molecule has 2 heterocycles. The van der Waals surface area contributed by atoms with Crippen LogP contribution in [-0.2, 0) is 11.5 Å². The summed E-state index contributed by atoms with van der Waals surface area (Å²) in [6.45, 7) is 3.78. The zero-order valence-electron chi connectivity index (χ0n) is 14.9. The van der Waals surface area contributed by atoms with E-state index in [1.807, 2.05) is 30.3 Å². The number of fused-ring (bicyclic) bond motifs is 2. The first kappa shape index (κ1) is 17.0. The van der Waals surface area contributed by atoms with Crippen LogP contribution in [0.4, 0.5) is 5.69 Å². The molecule has 2 aromatic carbocycles. The molecular formula is C20H24N2O4. The summed E-state index contributed by atoms with van der Waals surface area (Å²) in [7, 11) is 2.09. The van der Waals surface area contributed by atoms with Gasteiger partial charge in [-0.25, -0.2) is 0 Å². The third-order valence-electron chi connectivity index (χ3n) is 4.64. The van der Waals surface area contributed by atoms with Gasteiger partial charge >= 0.3 is 0 Å². The zero-order chi connectivity index (χ0) is 17.8. The van der Waals surface area contributed by atoms with Crippen molar-refractivity contribution in [2.45, 2.75) is 19.1 Å². The second-order valence-corrected chi connectivity index (χ2v) is 6.61. The second kappa shape index (κ2) is 7.85. The van der Waals surface area contributed by atoms with Crippen LogP contribution in [0, 0.1) is 0 Å².